The molecule has 2 heterocycles. The average molecular weight is 882 g/mol. The number of carbonyl (C=O) groups excluding carboxylic acids is 1. The molecule has 0 fully saturated rings. The van der Waals surface area contributed by atoms with Gasteiger partial charge in [-0.2, -0.15) is 0 Å². The van der Waals surface area contributed by atoms with Gasteiger partial charge in [0.25, 0.3) is 0 Å². The zero-order valence-corrected chi connectivity index (χ0v) is 35.7. The van der Waals surface area contributed by atoms with E-state index < -0.39 is 0 Å². The third-order valence-electron chi connectivity index (χ3n) is 10.7. The Morgan fingerprint density at radius 3 is 2.08 bits per heavy atom. The molecule has 0 bridgehead atoms. The monoisotopic (exact) mass is 882 g/mol. The van der Waals surface area contributed by atoms with Gasteiger partial charge in [0.05, 0.1) is 5.69 Å². The van der Waals surface area contributed by atoms with Gasteiger partial charge in [0, 0.05) is 53.0 Å². The molecule has 3 aromatic carbocycles. The zero-order valence-electron chi connectivity index (χ0n) is 32.5. The first-order valence-corrected chi connectivity index (χ1v) is 19.2. The number of aromatic nitrogens is 2. The van der Waals surface area contributed by atoms with Crippen LogP contribution in [0, 0.1) is 22.8 Å². The fourth-order valence-electron chi connectivity index (χ4n) is 6.17. The van der Waals surface area contributed by atoms with E-state index in [1.807, 2.05) is 52.9 Å². The van der Waals surface area contributed by atoms with Gasteiger partial charge < -0.3 is 5.11 Å². The number of nitrogens with zero attached hydrogens (tertiary/aromatic N) is 2. The number of benzene rings is 3. The normalized spacial score (nSPS) is 12.5. The number of aliphatic hydroxyl groups excluding tert-OH is 1. The largest absolute Gasteiger partial charge is 0.512 e. The fraction of sp³-hybridized carbons (Fsp3) is 0.444. The Hall–Kier alpha value is -3.18. The second-order valence-electron chi connectivity index (χ2n) is 15.7. The summed E-state index contributed by atoms with van der Waals surface area (Å²) >= 11 is 1.82. The van der Waals surface area contributed by atoms with Crippen LogP contribution in [-0.2, 0) is 36.7 Å². The van der Waals surface area contributed by atoms with Gasteiger partial charge in [-0.05, 0) is 71.9 Å². The third kappa shape index (κ3) is 9.83. The van der Waals surface area contributed by atoms with Crippen molar-refractivity contribution < 1.29 is 30.0 Å². The quantitative estimate of drug-likeness (QED) is 0.0815. The van der Waals surface area contributed by atoms with Crippen LogP contribution in [0.1, 0.15) is 113 Å². The molecule has 4 nitrogen and oxygen atoms in total. The number of rotatable bonds is 11. The Balaban J connectivity index is 0.000000335. The molecular weight excluding hydrogens is 825 g/mol. The fourth-order valence-corrected chi connectivity index (χ4v) is 7.19. The van der Waals surface area contributed by atoms with Crippen LogP contribution >= 0.6 is 11.3 Å². The summed E-state index contributed by atoms with van der Waals surface area (Å²) in [5.74, 6) is 0.942. The third-order valence-corrected chi connectivity index (χ3v) is 11.7. The van der Waals surface area contributed by atoms with E-state index in [0.717, 1.165) is 60.0 Å². The minimum atomic E-state index is -0.337. The summed E-state index contributed by atoms with van der Waals surface area (Å²) < 4.78 is 1.32. The van der Waals surface area contributed by atoms with Crippen LogP contribution < -0.4 is 0 Å². The van der Waals surface area contributed by atoms with E-state index in [-0.39, 0.29) is 47.9 Å². The number of hydrogen-bond donors (Lipinski definition) is 1. The van der Waals surface area contributed by atoms with Crippen LogP contribution in [0.2, 0.25) is 0 Å². The van der Waals surface area contributed by atoms with Gasteiger partial charge in [0.15, 0.2) is 5.78 Å². The maximum Gasteiger partial charge on any atom is 0.164 e. The second-order valence-corrected chi connectivity index (χ2v) is 16.6. The average Bonchev–Trinajstić information content (AvgIpc) is 3.51. The van der Waals surface area contributed by atoms with Gasteiger partial charge in [-0.3, -0.25) is 9.78 Å². The summed E-state index contributed by atoms with van der Waals surface area (Å²) in [5.41, 5.74) is 6.17. The number of thiophene rings is 1. The summed E-state index contributed by atoms with van der Waals surface area (Å²) in [6.45, 7) is 23.4. The number of ketones is 1. The molecule has 1 radical (unpaired) electrons. The molecule has 0 saturated heterocycles. The molecule has 0 aliphatic heterocycles. The van der Waals surface area contributed by atoms with Crippen LogP contribution in [0.3, 0.4) is 0 Å². The standard InChI is InChI=1S/C30H29N2S.C15H28O2.Ir/c1-19(2)12-23-17-33-29-15-21(10-11-25(23)29)27-16-28(32-18-31-27)22-13-20-8-6-7-9-24(20)26(14-22)30(3,4)5;1-7-14(5,8-2)12(16)11-13(17)15(6,9-3)10-4;/h6-11,14-19H,12H2,1-5H3;11,16H,7-10H2,1-6H3;/q-1;;/b;12-11-;. The summed E-state index contributed by atoms with van der Waals surface area (Å²) in [7, 11) is 0. The van der Waals surface area contributed by atoms with E-state index in [1.54, 1.807) is 6.33 Å². The molecule has 275 valence electrons. The Bertz CT molecular complexity index is 1960. The van der Waals surface area contributed by atoms with E-state index in [4.69, 9.17) is 0 Å². The van der Waals surface area contributed by atoms with Crippen molar-refractivity contribution in [3.63, 3.8) is 0 Å². The van der Waals surface area contributed by atoms with E-state index in [9.17, 15) is 9.90 Å². The van der Waals surface area contributed by atoms with Crippen molar-refractivity contribution in [1.82, 2.24) is 9.97 Å². The Kier molecular flexibility index (Phi) is 14.5. The second kappa shape index (κ2) is 17.6. The molecule has 0 unspecified atom stereocenters. The number of carbonyl (C=O) groups is 1. The van der Waals surface area contributed by atoms with Gasteiger partial charge >= 0.3 is 0 Å². The minimum absolute atomic E-state index is 0. The molecule has 0 aliphatic carbocycles. The van der Waals surface area contributed by atoms with Gasteiger partial charge in [-0.1, -0.05) is 117 Å². The summed E-state index contributed by atoms with van der Waals surface area (Å²) in [5, 5.41) is 16.2. The topological polar surface area (TPSA) is 63.1 Å². The van der Waals surface area contributed by atoms with Crippen molar-refractivity contribution in [2.75, 3.05) is 0 Å². The molecule has 0 aliphatic rings. The molecule has 6 heteroatoms. The molecule has 1 N–H and O–H groups in total. The smallest absolute Gasteiger partial charge is 0.164 e. The van der Waals surface area contributed by atoms with Crippen molar-refractivity contribution in [2.24, 2.45) is 16.7 Å². The molecular formula is C45H57IrN2O2S-. The Morgan fingerprint density at radius 2 is 1.47 bits per heavy atom. The molecule has 0 atom stereocenters. The van der Waals surface area contributed by atoms with Crippen LogP contribution in [0.5, 0.6) is 0 Å². The maximum atomic E-state index is 12.2. The summed E-state index contributed by atoms with van der Waals surface area (Å²) in [6, 6.07) is 23.1. The predicted octanol–water partition coefficient (Wildman–Crippen LogP) is 13.1. The van der Waals surface area contributed by atoms with Gasteiger partial charge in [-0.25, -0.2) is 4.98 Å². The summed E-state index contributed by atoms with van der Waals surface area (Å²) in [4.78, 5) is 21.4. The molecule has 0 amide bonds. The van der Waals surface area contributed by atoms with E-state index >= 15 is 0 Å². The van der Waals surface area contributed by atoms with Crippen LogP contribution in [-0.4, -0.2) is 20.9 Å². The van der Waals surface area contributed by atoms with Crippen molar-refractivity contribution in [3.05, 3.63) is 95.3 Å². The molecule has 5 aromatic rings. The molecule has 51 heavy (non-hydrogen) atoms. The molecule has 0 saturated carbocycles. The SMILES string of the molecule is CC(C)Cc1csc2cc(-c3cc(-c4[c-]c5ccccc5c(C(C)(C)C)c4)ncn3)ccc12.CCC(C)(CC)C(=O)/C=C(\O)C(C)(CC)CC.[Ir]. The van der Waals surface area contributed by atoms with Crippen LogP contribution in [0.4, 0.5) is 0 Å². The first kappa shape index (κ1) is 42.2. The Labute approximate surface area is 324 Å². The first-order valence-electron chi connectivity index (χ1n) is 18.3. The van der Waals surface area contributed by atoms with Gasteiger partial charge in [-0.15, -0.1) is 40.5 Å². The van der Waals surface area contributed by atoms with E-state index in [0.29, 0.717) is 5.92 Å². The van der Waals surface area contributed by atoms with Crippen molar-refractivity contribution in [3.8, 4) is 22.5 Å². The predicted molar refractivity (Wildman–Crippen MR) is 215 cm³/mol. The van der Waals surface area contributed by atoms with Crippen molar-refractivity contribution >= 4 is 38.0 Å². The Morgan fingerprint density at radius 1 is 0.843 bits per heavy atom. The minimum Gasteiger partial charge on any atom is -0.512 e. The van der Waals surface area contributed by atoms with Crippen LogP contribution in [0.25, 0.3) is 43.4 Å². The van der Waals surface area contributed by atoms with E-state index in [2.05, 4.69) is 111 Å². The van der Waals surface area contributed by atoms with Gasteiger partial charge in [0.2, 0.25) is 0 Å². The maximum absolute atomic E-state index is 12.2. The van der Waals surface area contributed by atoms with Gasteiger partial charge in [0.1, 0.15) is 12.1 Å². The number of allylic oxidation sites excluding steroid dienone is 2. The number of aliphatic hydroxyl groups is 1. The molecule has 2 aromatic heterocycles. The molecule has 0 spiro atoms. The zero-order chi connectivity index (χ0) is 36.9. The molecule has 5 rings (SSSR count). The number of fused-ring (bicyclic) bond motifs is 2. The van der Waals surface area contributed by atoms with Crippen LogP contribution in [0.15, 0.2) is 78.1 Å². The van der Waals surface area contributed by atoms with Crippen molar-refractivity contribution in [2.45, 2.75) is 114 Å². The van der Waals surface area contributed by atoms with E-state index in [1.165, 1.54) is 32.7 Å². The summed E-state index contributed by atoms with van der Waals surface area (Å²) in [6.07, 6.45) is 7.54. The van der Waals surface area contributed by atoms with Crippen molar-refractivity contribution in [1.29, 1.82) is 0 Å². The number of hydrogen-bond acceptors (Lipinski definition) is 5. The first-order chi connectivity index (χ1) is 23.6.